The van der Waals surface area contributed by atoms with E-state index in [2.05, 4.69) is 15.0 Å². The molecule has 0 saturated heterocycles. The lowest BCUT2D eigenvalue weighted by Gasteiger charge is -2.03. The summed E-state index contributed by atoms with van der Waals surface area (Å²) in [6.45, 7) is 0.563. The van der Waals surface area contributed by atoms with Crippen molar-refractivity contribution in [1.29, 1.82) is 0 Å². The SMILES string of the molecule is Nc1nc(F)nc2c1ncn2Cc1ccccc1. The molecule has 90 valence electrons. The van der Waals surface area contributed by atoms with Gasteiger partial charge in [0.25, 0.3) is 0 Å². The molecule has 0 fully saturated rings. The van der Waals surface area contributed by atoms with E-state index < -0.39 is 6.08 Å². The first-order valence-corrected chi connectivity index (χ1v) is 5.42. The van der Waals surface area contributed by atoms with Crippen LogP contribution in [-0.2, 0) is 6.54 Å². The van der Waals surface area contributed by atoms with Crippen LogP contribution in [0.1, 0.15) is 5.56 Å². The van der Waals surface area contributed by atoms with E-state index in [0.29, 0.717) is 17.7 Å². The summed E-state index contributed by atoms with van der Waals surface area (Å²) in [5.74, 6) is 0.0595. The molecule has 5 nitrogen and oxygen atoms in total. The van der Waals surface area contributed by atoms with Gasteiger partial charge in [-0.05, 0) is 5.56 Å². The molecule has 18 heavy (non-hydrogen) atoms. The molecule has 2 aromatic heterocycles. The van der Waals surface area contributed by atoms with Crippen molar-refractivity contribution in [3.8, 4) is 0 Å². The molecular formula is C12H10FN5. The van der Waals surface area contributed by atoms with Gasteiger partial charge in [-0.2, -0.15) is 14.4 Å². The lowest BCUT2D eigenvalue weighted by Crippen LogP contribution is -2.03. The van der Waals surface area contributed by atoms with E-state index in [1.165, 1.54) is 0 Å². The number of rotatable bonds is 2. The molecule has 3 rings (SSSR count). The molecule has 0 amide bonds. The zero-order valence-electron chi connectivity index (χ0n) is 9.42. The van der Waals surface area contributed by atoms with Crippen molar-refractivity contribution in [3.63, 3.8) is 0 Å². The van der Waals surface area contributed by atoms with Crippen molar-refractivity contribution < 1.29 is 4.39 Å². The van der Waals surface area contributed by atoms with Crippen LogP contribution in [0, 0.1) is 6.08 Å². The number of hydrogen-bond donors (Lipinski definition) is 1. The largest absolute Gasteiger partial charge is 0.382 e. The van der Waals surface area contributed by atoms with E-state index >= 15 is 0 Å². The Balaban J connectivity index is 2.08. The van der Waals surface area contributed by atoms with Gasteiger partial charge in [-0.3, -0.25) is 0 Å². The molecule has 1 aromatic carbocycles. The fraction of sp³-hybridized carbons (Fsp3) is 0.0833. The fourth-order valence-electron chi connectivity index (χ4n) is 1.83. The Labute approximate surface area is 102 Å². The Kier molecular flexibility index (Phi) is 2.40. The van der Waals surface area contributed by atoms with Crippen LogP contribution in [0.2, 0.25) is 0 Å². The number of aromatic nitrogens is 4. The maximum atomic E-state index is 13.2. The molecule has 2 heterocycles. The van der Waals surface area contributed by atoms with Gasteiger partial charge in [0.2, 0.25) is 0 Å². The van der Waals surface area contributed by atoms with Crippen molar-refractivity contribution in [2.24, 2.45) is 0 Å². The summed E-state index contributed by atoms with van der Waals surface area (Å²) in [6.07, 6.45) is 0.747. The minimum atomic E-state index is -0.838. The van der Waals surface area contributed by atoms with Gasteiger partial charge >= 0.3 is 6.08 Å². The smallest absolute Gasteiger partial charge is 0.312 e. The summed E-state index contributed by atoms with van der Waals surface area (Å²) >= 11 is 0. The highest BCUT2D eigenvalue weighted by molar-refractivity contribution is 5.81. The number of nitrogen functional groups attached to an aromatic ring is 1. The molecule has 0 saturated carbocycles. The average molecular weight is 243 g/mol. The van der Waals surface area contributed by atoms with Crippen LogP contribution in [0.15, 0.2) is 36.7 Å². The van der Waals surface area contributed by atoms with E-state index in [9.17, 15) is 4.39 Å². The van der Waals surface area contributed by atoms with Gasteiger partial charge in [-0.1, -0.05) is 30.3 Å². The quantitative estimate of drug-likeness (QED) is 0.694. The Morgan fingerprint density at radius 3 is 2.72 bits per heavy atom. The number of nitrogens with two attached hydrogens (primary N) is 1. The van der Waals surface area contributed by atoms with E-state index in [0.717, 1.165) is 5.56 Å². The van der Waals surface area contributed by atoms with E-state index in [1.807, 2.05) is 30.3 Å². The van der Waals surface area contributed by atoms with Gasteiger partial charge in [-0.25, -0.2) is 4.98 Å². The summed E-state index contributed by atoms with van der Waals surface area (Å²) in [7, 11) is 0. The second-order valence-electron chi connectivity index (χ2n) is 3.91. The summed E-state index contributed by atoms with van der Waals surface area (Å²) < 4.78 is 14.9. The molecule has 6 heteroatoms. The molecule has 0 aliphatic carbocycles. The Morgan fingerprint density at radius 1 is 1.17 bits per heavy atom. The monoisotopic (exact) mass is 243 g/mol. The summed E-state index contributed by atoms with van der Waals surface area (Å²) in [6, 6.07) is 9.78. The third-order valence-corrected chi connectivity index (χ3v) is 2.66. The molecule has 0 unspecified atom stereocenters. The van der Waals surface area contributed by atoms with Crippen molar-refractivity contribution in [2.75, 3.05) is 5.73 Å². The molecule has 0 atom stereocenters. The topological polar surface area (TPSA) is 69.6 Å². The van der Waals surface area contributed by atoms with Crippen molar-refractivity contribution in [1.82, 2.24) is 19.5 Å². The molecule has 0 aliphatic heterocycles. The number of benzene rings is 1. The molecule has 0 bridgehead atoms. The molecule has 0 radical (unpaired) electrons. The fourth-order valence-corrected chi connectivity index (χ4v) is 1.83. The number of fused-ring (bicyclic) bond motifs is 1. The predicted octanol–water partition coefficient (Wildman–Crippen LogP) is 1.60. The lowest BCUT2D eigenvalue weighted by molar-refractivity contribution is 0.543. The van der Waals surface area contributed by atoms with Crippen LogP contribution in [0.5, 0.6) is 0 Å². The van der Waals surface area contributed by atoms with Gasteiger partial charge in [0.15, 0.2) is 11.5 Å². The van der Waals surface area contributed by atoms with Crippen LogP contribution in [0.4, 0.5) is 10.2 Å². The van der Waals surface area contributed by atoms with E-state index in [4.69, 9.17) is 5.73 Å². The van der Waals surface area contributed by atoms with Crippen molar-refractivity contribution in [2.45, 2.75) is 6.54 Å². The zero-order chi connectivity index (χ0) is 12.5. The van der Waals surface area contributed by atoms with Crippen LogP contribution < -0.4 is 5.73 Å². The first kappa shape index (κ1) is 10.6. The number of imidazole rings is 1. The van der Waals surface area contributed by atoms with Gasteiger partial charge in [0, 0.05) is 0 Å². The molecular weight excluding hydrogens is 233 g/mol. The zero-order valence-corrected chi connectivity index (χ0v) is 9.42. The summed E-state index contributed by atoms with van der Waals surface area (Å²) in [4.78, 5) is 11.3. The lowest BCUT2D eigenvalue weighted by atomic mass is 10.2. The number of hydrogen-bond acceptors (Lipinski definition) is 4. The Bertz CT molecular complexity index is 692. The van der Waals surface area contributed by atoms with Gasteiger partial charge in [0.05, 0.1) is 12.9 Å². The van der Waals surface area contributed by atoms with E-state index in [-0.39, 0.29) is 5.82 Å². The number of halogens is 1. The summed E-state index contributed by atoms with van der Waals surface area (Å²) in [5.41, 5.74) is 7.50. The van der Waals surface area contributed by atoms with Crippen LogP contribution in [0.25, 0.3) is 11.2 Å². The molecule has 0 aliphatic rings. The van der Waals surface area contributed by atoms with E-state index in [1.54, 1.807) is 10.9 Å². The maximum Gasteiger partial charge on any atom is 0.312 e. The Morgan fingerprint density at radius 2 is 1.94 bits per heavy atom. The first-order valence-electron chi connectivity index (χ1n) is 5.42. The molecule has 2 N–H and O–H groups in total. The minimum absolute atomic E-state index is 0.0595. The highest BCUT2D eigenvalue weighted by Crippen LogP contribution is 2.16. The van der Waals surface area contributed by atoms with Gasteiger partial charge in [-0.15, -0.1) is 0 Å². The van der Waals surface area contributed by atoms with Crippen molar-refractivity contribution in [3.05, 3.63) is 48.3 Å². The third kappa shape index (κ3) is 1.77. The predicted molar refractivity (Wildman–Crippen MR) is 65.2 cm³/mol. The Hall–Kier alpha value is -2.50. The van der Waals surface area contributed by atoms with Crippen LogP contribution in [-0.4, -0.2) is 19.5 Å². The normalized spacial score (nSPS) is 10.9. The number of nitrogens with zero attached hydrogens (tertiary/aromatic N) is 4. The standard InChI is InChI=1S/C12H10FN5/c13-12-16-10(14)9-11(17-12)18(7-15-9)6-8-4-2-1-3-5-8/h1-5,7H,6H2,(H2,14,16,17). The van der Waals surface area contributed by atoms with Gasteiger partial charge in [0.1, 0.15) is 5.52 Å². The molecule has 0 spiro atoms. The van der Waals surface area contributed by atoms with Crippen LogP contribution in [0.3, 0.4) is 0 Å². The maximum absolute atomic E-state index is 13.2. The number of anilines is 1. The first-order chi connectivity index (χ1) is 8.74. The van der Waals surface area contributed by atoms with Crippen molar-refractivity contribution >= 4 is 17.0 Å². The molecule has 3 aromatic rings. The highest BCUT2D eigenvalue weighted by Gasteiger charge is 2.10. The summed E-state index contributed by atoms with van der Waals surface area (Å²) in [5, 5.41) is 0. The van der Waals surface area contributed by atoms with Gasteiger partial charge < -0.3 is 10.3 Å². The average Bonchev–Trinajstić information content (AvgIpc) is 2.74. The van der Waals surface area contributed by atoms with Crippen LogP contribution >= 0.6 is 0 Å². The second-order valence-corrected chi connectivity index (χ2v) is 3.91. The highest BCUT2D eigenvalue weighted by atomic mass is 19.1. The third-order valence-electron chi connectivity index (χ3n) is 2.66. The second kappa shape index (κ2) is 4.06. The minimum Gasteiger partial charge on any atom is -0.382 e.